The first-order chi connectivity index (χ1) is 8.54. The van der Waals surface area contributed by atoms with E-state index in [-0.39, 0.29) is 0 Å². The number of ether oxygens (including phenoxy) is 1. The van der Waals surface area contributed by atoms with Crippen LogP contribution in [0.2, 0.25) is 6.04 Å². The Kier molecular flexibility index (Phi) is 6.27. The monoisotopic (exact) mass is 276 g/mol. The van der Waals surface area contributed by atoms with Crippen molar-refractivity contribution >= 4 is 8.80 Å². The fraction of sp³-hybridized carbons (Fsp3) is 1.00. The van der Waals surface area contributed by atoms with Crippen molar-refractivity contribution in [3.8, 4) is 0 Å². The minimum absolute atomic E-state index is 0.297. The van der Waals surface area contributed by atoms with Crippen LogP contribution < -0.4 is 0 Å². The molecule has 0 amide bonds. The van der Waals surface area contributed by atoms with Crippen LogP contribution in [-0.2, 0) is 18.0 Å². The summed E-state index contributed by atoms with van der Waals surface area (Å²) < 4.78 is 24.0. The number of hydrogen-bond acceptors (Lipinski definition) is 4. The summed E-state index contributed by atoms with van der Waals surface area (Å²) in [5, 5.41) is 0. The fourth-order valence-corrected chi connectivity index (χ4v) is 5.52. The van der Waals surface area contributed by atoms with Crippen LogP contribution in [0.3, 0.4) is 0 Å². The predicted octanol–water partition coefficient (Wildman–Crippen LogP) is 3.20. The van der Waals surface area contributed by atoms with Gasteiger partial charge >= 0.3 is 8.80 Å². The van der Waals surface area contributed by atoms with Gasteiger partial charge in [-0.2, -0.15) is 0 Å². The number of rotatable bonds is 7. The second kappa shape index (κ2) is 7.00. The standard InChI is InChI=1S/C13H28O4Si/c1-6-14-13(12(4)5)10-9-11-18(17-13,15-7-2)16-8-3/h12H,6-11H2,1-5H3. The van der Waals surface area contributed by atoms with Gasteiger partial charge in [0.1, 0.15) is 0 Å². The third kappa shape index (κ3) is 3.54. The first kappa shape index (κ1) is 16.1. The second-order valence-electron chi connectivity index (χ2n) is 4.90. The summed E-state index contributed by atoms with van der Waals surface area (Å²) in [6.07, 6.45) is 1.97. The largest absolute Gasteiger partial charge is 0.503 e. The van der Waals surface area contributed by atoms with E-state index >= 15 is 0 Å². The zero-order chi connectivity index (χ0) is 13.6. The molecule has 1 aliphatic heterocycles. The highest BCUT2D eigenvalue weighted by molar-refractivity contribution is 6.61. The molecule has 1 saturated heterocycles. The van der Waals surface area contributed by atoms with Crippen molar-refractivity contribution in [3.05, 3.63) is 0 Å². The zero-order valence-corrected chi connectivity index (χ0v) is 13.5. The third-order valence-corrected chi connectivity index (χ3v) is 6.41. The molecule has 0 bridgehead atoms. The Morgan fingerprint density at radius 1 is 1.11 bits per heavy atom. The molecule has 0 N–H and O–H groups in total. The van der Waals surface area contributed by atoms with Gasteiger partial charge < -0.3 is 18.0 Å². The Bertz CT molecular complexity index is 232. The van der Waals surface area contributed by atoms with E-state index in [1.54, 1.807) is 0 Å². The quantitative estimate of drug-likeness (QED) is 0.669. The minimum atomic E-state index is -2.54. The van der Waals surface area contributed by atoms with Gasteiger partial charge in [-0.15, -0.1) is 0 Å². The molecular weight excluding hydrogens is 248 g/mol. The summed E-state index contributed by atoms with van der Waals surface area (Å²) in [6, 6.07) is 0.899. The van der Waals surface area contributed by atoms with E-state index in [1.807, 2.05) is 20.8 Å². The molecule has 0 spiro atoms. The highest BCUT2D eigenvalue weighted by Gasteiger charge is 2.53. The van der Waals surface area contributed by atoms with Crippen molar-refractivity contribution in [2.75, 3.05) is 19.8 Å². The van der Waals surface area contributed by atoms with Gasteiger partial charge in [-0.25, -0.2) is 0 Å². The molecule has 0 radical (unpaired) electrons. The summed E-state index contributed by atoms with van der Waals surface area (Å²) in [6.45, 7) is 12.2. The zero-order valence-electron chi connectivity index (χ0n) is 12.5. The fourth-order valence-electron chi connectivity index (χ4n) is 2.52. The van der Waals surface area contributed by atoms with Crippen molar-refractivity contribution in [3.63, 3.8) is 0 Å². The summed E-state index contributed by atoms with van der Waals surface area (Å²) in [5.74, 6) is -0.227. The van der Waals surface area contributed by atoms with E-state index in [0.29, 0.717) is 25.7 Å². The molecule has 1 fully saturated rings. The van der Waals surface area contributed by atoms with E-state index in [4.69, 9.17) is 18.0 Å². The van der Waals surface area contributed by atoms with Crippen molar-refractivity contribution in [1.82, 2.24) is 0 Å². The lowest BCUT2D eigenvalue weighted by atomic mass is 9.98. The molecule has 0 saturated carbocycles. The van der Waals surface area contributed by atoms with Crippen LogP contribution >= 0.6 is 0 Å². The molecule has 0 aromatic rings. The van der Waals surface area contributed by atoms with E-state index in [2.05, 4.69) is 13.8 Å². The second-order valence-corrected chi connectivity index (χ2v) is 7.55. The maximum absolute atomic E-state index is 6.32. The lowest BCUT2D eigenvalue weighted by molar-refractivity contribution is -0.246. The topological polar surface area (TPSA) is 36.9 Å². The van der Waals surface area contributed by atoms with E-state index in [0.717, 1.165) is 18.9 Å². The molecule has 0 aliphatic carbocycles. The Morgan fingerprint density at radius 3 is 2.17 bits per heavy atom. The van der Waals surface area contributed by atoms with Crippen LogP contribution in [0.25, 0.3) is 0 Å². The Balaban J connectivity index is 2.88. The SMILES string of the molecule is CCOC1(C(C)C)CCC[Si](OCC)(OCC)O1. The molecule has 0 aromatic carbocycles. The van der Waals surface area contributed by atoms with Crippen molar-refractivity contribution in [2.24, 2.45) is 5.92 Å². The smallest absolute Gasteiger partial charge is 0.374 e. The van der Waals surface area contributed by atoms with Crippen molar-refractivity contribution in [2.45, 2.75) is 59.3 Å². The lowest BCUT2D eigenvalue weighted by Crippen LogP contribution is -2.59. The summed E-state index contributed by atoms with van der Waals surface area (Å²) in [4.78, 5) is 0. The molecule has 1 aliphatic rings. The van der Waals surface area contributed by atoms with Gasteiger partial charge in [0, 0.05) is 38.2 Å². The minimum Gasteiger partial charge on any atom is -0.374 e. The average molecular weight is 276 g/mol. The molecule has 0 aromatic heterocycles. The van der Waals surface area contributed by atoms with Gasteiger partial charge in [0.15, 0.2) is 5.79 Å². The average Bonchev–Trinajstić information content (AvgIpc) is 2.30. The molecule has 1 atom stereocenters. The van der Waals surface area contributed by atoms with E-state index in [9.17, 15) is 0 Å². The van der Waals surface area contributed by atoms with E-state index in [1.165, 1.54) is 0 Å². The maximum atomic E-state index is 6.32. The van der Waals surface area contributed by atoms with Crippen LogP contribution in [0.15, 0.2) is 0 Å². The third-order valence-electron chi connectivity index (χ3n) is 3.33. The molecule has 108 valence electrons. The van der Waals surface area contributed by atoms with Crippen molar-refractivity contribution < 1.29 is 18.0 Å². The molecular formula is C13H28O4Si. The van der Waals surface area contributed by atoms with Crippen LogP contribution in [0.1, 0.15) is 47.5 Å². The summed E-state index contributed by atoms with van der Waals surface area (Å²) in [5.41, 5.74) is 0. The van der Waals surface area contributed by atoms with Gasteiger partial charge in [0.05, 0.1) is 0 Å². The predicted molar refractivity (Wildman–Crippen MR) is 73.3 cm³/mol. The normalized spacial score (nSPS) is 27.7. The van der Waals surface area contributed by atoms with E-state index < -0.39 is 14.6 Å². The molecule has 5 heteroatoms. The van der Waals surface area contributed by atoms with Gasteiger partial charge in [-0.3, -0.25) is 0 Å². The molecule has 1 unspecified atom stereocenters. The van der Waals surface area contributed by atoms with Crippen molar-refractivity contribution in [1.29, 1.82) is 0 Å². The summed E-state index contributed by atoms with van der Waals surface area (Å²) in [7, 11) is -2.54. The summed E-state index contributed by atoms with van der Waals surface area (Å²) >= 11 is 0. The molecule has 1 rings (SSSR count). The lowest BCUT2D eigenvalue weighted by Gasteiger charge is -2.46. The van der Waals surface area contributed by atoms with Gasteiger partial charge in [-0.1, -0.05) is 13.8 Å². The van der Waals surface area contributed by atoms with Crippen LogP contribution in [-0.4, -0.2) is 34.4 Å². The Hall–Kier alpha value is 0.0569. The first-order valence-corrected chi connectivity index (χ1v) is 9.09. The van der Waals surface area contributed by atoms with Gasteiger partial charge in [-0.05, 0) is 27.2 Å². The van der Waals surface area contributed by atoms with Crippen LogP contribution in [0, 0.1) is 5.92 Å². The number of hydrogen-bond donors (Lipinski definition) is 0. The Labute approximate surface area is 112 Å². The molecule has 4 nitrogen and oxygen atoms in total. The highest BCUT2D eigenvalue weighted by Crippen LogP contribution is 2.40. The molecule has 1 heterocycles. The maximum Gasteiger partial charge on any atom is 0.503 e. The molecule has 18 heavy (non-hydrogen) atoms. The Morgan fingerprint density at radius 2 is 1.72 bits per heavy atom. The van der Waals surface area contributed by atoms with Crippen LogP contribution in [0.4, 0.5) is 0 Å². The van der Waals surface area contributed by atoms with Gasteiger partial charge in [0.2, 0.25) is 0 Å². The van der Waals surface area contributed by atoms with Gasteiger partial charge in [0.25, 0.3) is 0 Å². The first-order valence-electron chi connectivity index (χ1n) is 7.16. The highest BCUT2D eigenvalue weighted by atomic mass is 28.4. The van der Waals surface area contributed by atoms with Crippen LogP contribution in [0.5, 0.6) is 0 Å².